The molecule has 0 spiro atoms. The van der Waals surface area contributed by atoms with E-state index in [1.807, 2.05) is 24.3 Å². The average Bonchev–Trinajstić information content (AvgIpc) is 2.80. The predicted octanol–water partition coefficient (Wildman–Crippen LogP) is 1.08. The number of nitrogens with one attached hydrogen (secondary N) is 2. The number of carbonyl (C=O) groups is 1. The molecule has 1 heterocycles. The summed E-state index contributed by atoms with van der Waals surface area (Å²) < 4.78 is 0. The van der Waals surface area contributed by atoms with Crippen LogP contribution in [0.1, 0.15) is 18.9 Å². The van der Waals surface area contributed by atoms with Gasteiger partial charge in [0.2, 0.25) is 5.91 Å². The number of benzene rings is 1. The van der Waals surface area contributed by atoms with E-state index in [-0.39, 0.29) is 11.4 Å². The topological polar surface area (TPSA) is 67.2 Å². The Morgan fingerprint density at radius 1 is 1.53 bits per heavy atom. The van der Waals surface area contributed by atoms with Crippen LogP contribution in [0.4, 0.5) is 0 Å². The van der Waals surface area contributed by atoms with Gasteiger partial charge in [-0.1, -0.05) is 23.7 Å². The van der Waals surface area contributed by atoms with Gasteiger partial charge in [-0.2, -0.15) is 0 Å². The molecular formula is C14H20ClN3O. The Morgan fingerprint density at radius 3 is 2.74 bits per heavy atom. The molecule has 0 saturated carbocycles. The molecule has 1 aliphatic heterocycles. The summed E-state index contributed by atoms with van der Waals surface area (Å²) in [5.41, 5.74) is 6.56. The standard InChI is InChI=1S/C14H20ClN3O/c1-10(16)13(19)18-14(6-7-17-9-14)8-11-2-4-12(15)5-3-11/h2-5,10,17H,6-9,16H2,1H3,(H,18,19)/t10-,14?/m0/s1. The molecule has 104 valence electrons. The minimum atomic E-state index is -0.484. The van der Waals surface area contributed by atoms with Gasteiger partial charge in [-0.05, 0) is 44.0 Å². The first-order chi connectivity index (χ1) is 9.01. The zero-order valence-corrected chi connectivity index (χ0v) is 11.8. The van der Waals surface area contributed by atoms with Gasteiger partial charge in [0.15, 0.2) is 0 Å². The second-order valence-corrected chi connectivity index (χ2v) is 5.72. The monoisotopic (exact) mass is 281 g/mol. The minimum Gasteiger partial charge on any atom is -0.348 e. The Balaban J connectivity index is 2.11. The van der Waals surface area contributed by atoms with E-state index >= 15 is 0 Å². The van der Waals surface area contributed by atoms with Crippen LogP contribution in [-0.4, -0.2) is 30.6 Å². The predicted molar refractivity (Wildman–Crippen MR) is 77.2 cm³/mol. The summed E-state index contributed by atoms with van der Waals surface area (Å²) in [5, 5.41) is 7.13. The first-order valence-electron chi connectivity index (χ1n) is 6.54. The van der Waals surface area contributed by atoms with Gasteiger partial charge in [-0.25, -0.2) is 0 Å². The zero-order valence-electron chi connectivity index (χ0n) is 11.1. The second-order valence-electron chi connectivity index (χ2n) is 5.29. The summed E-state index contributed by atoms with van der Waals surface area (Å²) in [7, 11) is 0. The van der Waals surface area contributed by atoms with Crippen molar-refractivity contribution in [2.75, 3.05) is 13.1 Å². The van der Waals surface area contributed by atoms with E-state index < -0.39 is 6.04 Å². The molecule has 1 fully saturated rings. The SMILES string of the molecule is C[C@H](N)C(=O)NC1(Cc2ccc(Cl)cc2)CCNC1. The van der Waals surface area contributed by atoms with Gasteiger partial charge in [0.1, 0.15) is 0 Å². The summed E-state index contributed by atoms with van der Waals surface area (Å²) in [6.45, 7) is 3.38. The van der Waals surface area contributed by atoms with Crippen LogP contribution in [0, 0.1) is 0 Å². The van der Waals surface area contributed by atoms with Crippen LogP contribution in [0.5, 0.6) is 0 Å². The third-order valence-corrected chi connectivity index (χ3v) is 3.75. The van der Waals surface area contributed by atoms with Crippen molar-refractivity contribution in [3.8, 4) is 0 Å². The molecule has 0 aromatic heterocycles. The summed E-state index contributed by atoms with van der Waals surface area (Å²) in [5.74, 6) is -0.0994. The van der Waals surface area contributed by atoms with Crippen molar-refractivity contribution in [1.29, 1.82) is 0 Å². The number of hydrogen-bond donors (Lipinski definition) is 3. The van der Waals surface area contributed by atoms with Crippen LogP contribution >= 0.6 is 11.6 Å². The van der Waals surface area contributed by atoms with Crippen LogP contribution in [0.25, 0.3) is 0 Å². The molecule has 2 rings (SSSR count). The molecule has 0 radical (unpaired) electrons. The Morgan fingerprint density at radius 2 is 2.21 bits per heavy atom. The molecule has 0 aliphatic carbocycles. The summed E-state index contributed by atoms with van der Waals surface area (Å²) in [6.07, 6.45) is 1.70. The van der Waals surface area contributed by atoms with Crippen molar-refractivity contribution in [3.05, 3.63) is 34.9 Å². The quantitative estimate of drug-likeness (QED) is 0.774. The van der Waals surface area contributed by atoms with Gasteiger partial charge in [0.25, 0.3) is 0 Å². The molecule has 4 N–H and O–H groups in total. The fourth-order valence-electron chi connectivity index (χ4n) is 2.41. The number of rotatable bonds is 4. The lowest BCUT2D eigenvalue weighted by atomic mass is 9.89. The van der Waals surface area contributed by atoms with E-state index in [0.717, 1.165) is 36.5 Å². The zero-order chi connectivity index (χ0) is 13.9. The smallest absolute Gasteiger partial charge is 0.237 e. The van der Waals surface area contributed by atoms with Gasteiger partial charge in [0, 0.05) is 11.6 Å². The molecule has 2 atom stereocenters. The summed E-state index contributed by atoms with van der Waals surface area (Å²) in [6, 6.07) is 7.27. The Kier molecular flexibility index (Phi) is 4.45. The van der Waals surface area contributed by atoms with Crippen molar-refractivity contribution in [2.24, 2.45) is 5.73 Å². The third kappa shape index (κ3) is 3.69. The number of nitrogens with two attached hydrogens (primary N) is 1. The number of hydrogen-bond acceptors (Lipinski definition) is 3. The number of amides is 1. The lowest BCUT2D eigenvalue weighted by Crippen LogP contribution is -2.55. The maximum Gasteiger partial charge on any atom is 0.237 e. The van der Waals surface area contributed by atoms with Crippen molar-refractivity contribution in [2.45, 2.75) is 31.3 Å². The highest BCUT2D eigenvalue weighted by atomic mass is 35.5. The average molecular weight is 282 g/mol. The lowest BCUT2D eigenvalue weighted by molar-refractivity contribution is -0.123. The van der Waals surface area contributed by atoms with E-state index in [1.165, 1.54) is 0 Å². The van der Waals surface area contributed by atoms with Crippen molar-refractivity contribution in [1.82, 2.24) is 10.6 Å². The highest BCUT2D eigenvalue weighted by Crippen LogP contribution is 2.22. The van der Waals surface area contributed by atoms with Crippen LogP contribution in [0.2, 0.25) is 5.02 Å². The normalized spacial score (nSPS) is 24.2. The third-order valence-electron chi connectivity index (χ3n) is 3.50. The number of carbonyl (C=O) groups excluding carboxylic acids is 1. The molecule has 1 aromatic rings. The largest absolute Gasteiger partial charge is 0.348 e. The molecule has 5 heteroatoms. The molecule has 1 aromatic carbocycles. The lowest BCUT2D eigenvalue weighted by Gasteiger charge is -2.30. The Labute approximate surface area is 118 Å². The first-order valence-corrected chi connectivity index (χ1v) is 6.91. The van der Waals surface area contributed by atoms with E-state index in [1.54, 1.807) is 6.92 Å². The Hall–Kier alpha value is -1.10. The van der Waals surface area contributed by atoms with Gasteiger partial charge >= 0.3 is 0 Å². The van der Waals surface area contributed by atoms with Crippen molar-refractivity contribution >= 4 is 17.5 Å². The van der Waals surface area contributed by atoms with Gasteiger partial charge in [0.05, 0.1) is 11.6 Å². The van der Waals surface area contributed by atoms with Crippen molar-refractivity contribution in [3.63, 3.8) is 0 Å². The molecule has 4 nitrogen and oxygen atoms in total. The molecular weight excluding hydrogens is 262 g/mol. The minimum absolute atomic E-state index is 0.0994. The van der Waals surface area contributed by atoms with Crippen LogP contribution < -0.4 is 16.4 Å². The first kappa shape index (κ1) is 14.3. The van der Waals surface area contributed by atoms with E-state index in [4.69, 9.17) is 17.3 Å². The van der Waals surface area contributed by atoms with Crippen LogP contribution in [0.15, 0.2) is 24.3 Å². The fourth-order valence-corrected chi connectivity index (χ4v) is 2.54. The van der Waals surface area contributed by atoms with Crippen LogP contribution in [0.3, 0.4) is 0 Å². The molecule has 19 heavy (non-hydrogen) atoms. The van der Waals surface area contributed by atoms with E-state index in [0.29, 0.717) is 0 Å². The van der Waals surface area contributed by atoms with Crippen molar-refractivity contribution < 1.29 is 4.79 Å². The fraction of sp³-hybridized carbons (Fsp3) is 0.500. The van der Waals surface area contributed by atoms with E-state index in [9.17, 15) is 4.79 Å². The number of halogens is 1. The van der Waals surface area contributed by atoms with Crippen LogP contribution in [-0.2, 0) is 11.2 Å². The summed E-state index contributed by atoms with van der Waals surface area (Å²) >= 11 is 5.89. The molecule has 1 amide bonds. The highest BCUT2D eigenvalue weighted by Gasteiger charge is 2.35. The second kappa shape index (κ2) is 5.90. The van der Waals surface area contributed by atoms with Gasteiger partial charge in [-0.3, -0.25) is 4.79 Å². The van der Waals surface area contributed by atoms with Gasteiger partial charge < -0.3 is 16.4 Å². The van der Waals surface area contributed by atoms with E-state index in [2.05, 4.69) is 10.6 Å². The molecule has 0 bridgehead atoms. The highest BCUT2D eigenvalue weighted by molar-refractivity contribution is 6.30. The molecule has 1 saturated heterocycles. The summed E-state index contributed by atoms with van der Waals surface area (Å²) in [4.78, 5) is 11.9. The van der Waals surface area contributed by atoms with Gasteiger partial charge in [-0.15, -0.1) is 0 Å². The molecule has 1 unspecified atom stereocenters. The maximum absolute atomic E-state index is 11.9. The Bertz CT molecular complexity index is 439. The maximum atomic E-state index is 11.9. The molecule has 1 aliphatic rings.